The van der Waals surface area contributed by atoms with Crippen LogP contribution in [0.15, 0.2) is 53.5 Å². The number of methoxy groups -OCH3 is 1. The van der Waals surface area contributed by atoms with Crippen LogP contribution in [0, 0.1) is 0 Å². The summed E-state index contributed by atoms with van der Waals surface area (Å²) in [6.45, 7) is 5.07. The molecule has 5 nitrogen and oxygen atoms in total. The quantitative estimate of drug-likeness (QED) is 0.501. The second-order valence-electron chi connectivity index (χ2n) is 8.56. The zero-order valence-electron chi connectivity index (χ0n) is 19.3. The molecule has 2 heterocycles. The van der Waals surface area contributed by atoms with Crippen LogP contribution in [0.2, 0.25) is 0 Å². The predicted octanol–water partition coefficient (Wildman–Crippen LogP) is 4.98. The van der Waals surface area contributed by atoms with Gasteiger partial charge in [-0.05, 0) is 55.0 Å². The largest absolute Gasteiger partial charge is 0.497 e. The number of aliphatic imine (C=N–C) groups is 1. The number of hydrogen-bond donors (Lipinski definition) is 0. The molecule has 0 radical (unpaired) electrons. The Hall–Kier alpha value is -2.02. The van der Waals surface area contributed by atoms with Gasteiger partial charge in [0.05, 0.1) is 19.4 Å². The van der Waals surface area contributed by atoms with Crippen LogP contribution in [0.3, 0.4) is 0 Å². The van der Waals surface area contributed by atoms with E-state index in [1.165, 1.54) is 29.1 Å². The van der Waals surface area contributed by atoms with Crippen molar-refractivity contribution < 1.29 is 9.47 Å². The number of rotatable bonds is 9. The van der Waals surface area contributed by atoms with Gasteiger partial charge < -0.3 is 19.3 Å². The second-order valence-corrected chi connectivity index (χ2v) is 9.50. The SMILES string of the molecule is COc1ccc(CCOCCCN2CCC(N(C)C3=Nc4ccccc4CS3)CC2)cc1. The van der Waals surface area contributed by atoms with Gasteiger partial charge in [-0.15, -0.1) is 0 Å². The molecule has 2 aromatic rings. The van der Waals surface area contributed by atoms with E-state index >= 15 is 0 Å². The predicted molar refractivity (Wildman–Crippen MR) is 134 cm³/mol. The molecular weight excluding hydrogens is 418 g/mol. The number of piperidine rings is 1. The summed E-state index contributed by atoms with van der Waals surface area (Å²) in [6.07, 6.45) is 4.46. The van der Waals surface area contributed by atoms with E-state index in [1.54, 1.807) is 7.11 Å². The summed E-state index contributed by atoms with van der Waals surface area (Å²) in [4.78, 5) is 9.92. The Labute approximate surface area is 196 Å². The van der Waals surface area contributed by atoms with E-state index in [-0.39, 0.29) is 0 Å². The Morgan fingerprint density at radius 1 is 1.06 bits per heavy atom. The van der Waals surface area contributed by atoms with Crippen molar-refractivity contribution in [2.75, 3.05) is 47.0 Å². The van der Waals surface area contributed by atoms with E-state index < -0.39 is 0 Å². The molecular formula is C26H35N3O2S. The molecule has 2 aliphatic rings. The highest BCUT2D eigenvalue weighted by Crippen LogP contribution is 2.32. The van der Waals surface area contributed by atoms with Gasteiger partial charge in [0.1, 0.15) is 5.75 Å². The van der Waals surface area contributed by atoms with Crippen molar-refractivity contribution in [3.63, 3.8) is 0 Å². The first kappa shape index (κ1) is 23.1. The maximum atomic E-state index is 5.87. The molecule has 4 rings (SSSR count). The molecule has 0 atom stereocenters. The fourth-order valence-corrected chi connectivity index (χ4v) is 5.41. The number of para-hydroxylation sites is 1. The zero-order chi connectivity index (χ0) is 22.2. The number of ether oxygens (including phenoxy) is 2. The lowest BCUT2D eigenvalue weighted by atomic mass is 10.0. The molecule has 0 aliphatic carbocycles. The number of likely N-dealkylation sites (tertiary alicyclic amines) is 1. The van der Waals surface area contributed by atoms with Crippen LogP contribution >= 0.6 is 11.8 Å². The molecule has 0 bridgehead atoms. The lowest BCUT2D eigenvalue weighted by Crippen LogP contribution is -2.45. The Balaban J connectivity index is 1.11. The lowest BCUT2D eigenvalue weighted by molar-refractivity contribution is 0.111. The van der Waals surface area contributed by atoms with Crippen LogP contribution in [0.5, 0.6) is 5.75 Å². The fraction of sp³-hybridized carbons (Fsp3) is 0.500. The number of nitrogens with zero attached hydrogens (tertiary/aromatic N) is 3. The molecule has 6 heteroatoms. The van der Waals surface area contributed by atoms with Gasteiger partial charge in [0.25, 0.3) is 0 Å². The molecule has 172 valence electrons. The highest BCUT2D eigenvalue weighted by molar-refractivity contribution is 8.13. The van der Waals surface area contributed by atoms with E-state index in [0.717, 1.165) is 62.9 Å². The van der Waals surface area contributed by atoms with Crippen molar-refractivity contribution in [2.24, 2.45) is 4.99 Å². The summed E-state index contributed by atoms with van der Waals surface area (Å²) in [5.74, 6) is 1.93. The molecule has 1 saturated heterocycles. The van der Waals surface area contributed by atoms with Crippen molar-refractivity contribution in [2.45, 2.75) is 37.5 Å². The van der Waals surface area contributed by atoms with Gasteiger partial charge in [-0.1, -0.05) is 42.1 Å². The minimum absolute atomic E-state index is 0.587. The first-order valence-corrected chi connectivity index (χ1v) is 12.7. The number of hydrogen-bond acceptors (Lipinski definition) is 6. The van der Waals surface area contributed by atoms with Crippen molar-refractivity contribution >= 4 is 22.6 Å². The molecule has 1 fully saturated rings. The van der Waals surface area contributed by atoms with Crippen LogP contribution in [-0.2, 0) is 16.9 Å². The summed E-state index contributed by atoms with van der Waals surface area (Å²) in [6, 6.07) is 17.3. The highest BCUT2D eigenvalue weighted by Gasteiger charge is 2.26. The summed E-state index contributed by atoms with van der Waals surface area (Å²) in [7, 11) is 3.92. The zero-order valence-corrected chi connectivity index (χ0v) is 20.2. The third-order valence-electron chi connectivity index (χ3n) is 6.43. The van der Waals surface area contributed by atoms with Crippen LogP contribution < -0.4 is 4.74 Å². The van der Waals surface area contributed by atoms with Gasteiger partial charge in [-0.25, -0.2) is 4.99 Å². The van der Waals surface area contributed by atoms with E-state index in [0.29, 0.717) is 6.04 Å². The summed E-state index contributed by atoms with van der Waals surface area (Å²) in [5, 5.41) is 1.17. The minimum Gasteiger partial charge on any atom is -0.497 e. The van der Waals surface area contributed by atoms with Crippen molar-refractivity contribution in [3.8, 4) is 5.75 Å². The van der Waals surface area contributed by atoms with Crippen LogP contribution in [-0.4, -0.2) is 68.0 Å². The number of thioether (sulfide) groups is 1. The maximum Gasteiger partial charge on any atom is 0.164 e. The number of fused-ring (bicyclic) bond motifs is 1. The fourth-order valence-electron chi connectivity index (χ4n) is 4.36. The summed E-state index contributed by atoms with van der Waals surface area (Å²) < 4.78 is 11.1. The van der Waals surface area contributed by atoms with Crippen LogP contribution in [0.4, 0.5) is 5.69 Å². The van der Waals surface area contributed by atoms with E-state index in [1.807, 2.05) is 23.9 Å². The van der Waals surface area contributed by atoms with E-state index in [9.17, 15) is 0 Å². The smallest absolute Gasteiger partial charge is 0.164 e. The monoisotopic (exact) mass is 453 g/mol. The normalized spacial score (nSPS) is 17.0. The van der Waals surface area contributed by atoms with E-state index in [4.69, 9.17) is 14.5 Å². The molecule has 0 N–H and O–H groups in total. The molecule has 0 aromatic heterocycles. The standard InChI is InChI=1S/C26H35N3O2S/c1-28(26-27-25-7-4-3-6-22(25)20-32-26)23-12-16-29(17-13-23)15-5-18-31-19-14-21-8-10-24(30-2)11-9-21/h3-4,6-11,23H,5,12-20H2,1-2H3. The molecule has 2 aromatic carbocycles. The van der Waals surface area contributed by atoms with Gasteiger partial charge >= 0.3 is 0 Å². The molecule has 0 amide bonds. The Morgan fingerprint density at radius 2 is 1.84 bits per heavy atom. The topological polar surface area (TPSA) is 37.3 Å². The second kappa shape index (κ2) is 11.7. The van der Waals surface area contributed by atoms with Gasteiger partial charge in [-0.3, -0.25) is 0 Å². The van der Waals surface area contributed by atoms with Crippen molar-refractivity contribution in [1.29, 1.82) is 0 Å². The van der Waals surface area contributed by atoms with Gasteiger partial charge in [-0.2, -0.15) is 0 Å². The molecule has 0 unspecified atom stereocenters. The Bertz CT molecular complexity index is 879. The minimum atomic E-state index is 0.587. The first-order valence-electron chi connectivity index (χ1n) is 11.7. The average molecular weight is 454 g/mol. The van der Waals surface area contributed by atoms with Gasteiger partial charge in [0, 0.05) is 45.1 Å². The molecule has 32 heavy (non-hydrogen) atoms. The van der Waals surface area contributed by atoms with Gasteiger partial charge in [0.15, 0.2) is 5.17 Å². The maximum absolute atomic E-state index is 5.87. The average Bonchev–Trinajstić information content (AvgIpc) is 2.86. The number of amidine groups is 1. The lowest BCUT2D eigenvalue weighted by Gasteiger charge is -2.38. The number of benzene rings is 2. The Morgan fingerprint density at radius 3 is 2.62 bits per heavy atom. The van der Waals surface area contributed by atoms with E-state index in [2.05, 4.69) is 53.2 Å². The van der Waals surface area contributed by atoms with Crippen molar-refractivity contribution in [3.05, 3.63) is 59.7 Å². The van der Waals surface area contributed by atoms with Crippen molar-refractivity contribution in [1.82, 2.24) is 9.80 Å². The first-order chi connectivity index (χ1) is 15.7. The third kappa shape index (κ3) is 6.27. The third-order valence-corrected chi connectivity index (χ3v) is 7.52. The van der Waals surface area contributed by atoms with Crippen LogP contribution in [0.25, 0.3) is 0 Å². The molecule has 0 spiro atoms. The summed E-state index contributed by atoms with van der Waals surface area (Å²) in [5.41, 5.74) is 3.77. The molecule has 2 aliphatic heterocycles. The van der Waals surface area contributed by atoms with Crippen LogP contribution in [0.1, 0.15) is 30.4 Å². The highest BCUT2D eigenvalue weighted by atomic mass is 32.2. The summed E-state index contributed by atoms with van der Waals surface area (Å²) >= 11 is 1.87. The van der Waals surface area contributed by atoms with Gasteiger partial charge in [0.2, 0.25) is 0 Å². The molecule has 0 saturated carbocycles. The Kier molecular flexibility index (Phi) is 8.49.